The Hall–Kier alpha value is -1.99. The number of pyridine rings is 1. The highest BCUT2D eigenvalue weighted by Crippen LogP contribution is 2.30. The number of H-pyrrole nitrogens is 1. The molecule has 1 fully saturated rings. The first kappa shape index (κ1) is 16.5. The Morgan fingerprint density at radius 1 is 1.40 bits per heavy atom. The van der Waals surface area contributed by atoms with Gasteiger partial charge in [0.1, 0.15) is 5.65 Å². The van der Waals surface area contributed by atoms with Crippen LogP contribution in [0.2, 0.25) is 0 Å². The summed E-state index contributed by atoms with van der Waals surface area (Å²) >= 11 is 1.63. The van der Waals surface area contributed by atoms with Gasteiger partial charge in [0.15, 0.2) is 0 Å². The number of hydrogen-bond acceptors (Lipinski definition) is 5. The SMILES string of the molecule is O=C(NC[C@@H]1CCCCN1)C1=CN(c2ccnc3[nH]ccc23)CCS1. The second kappa shape index (κ2) is 7.49. The molecule has 0 saturated carbocycles. The lowest BCUT2D eigenvalue weighted by Gasteiger charge is -2.27. The Morgan fingerprint density at radius 2 is 2.36 bits per heavy atom. The van der Waals surface area contributed by atoms with E-state index in [2.05, 4.69) is 25.5 Å². The number of thioether (sulfide) groups is 1. The van der Waals surface area contributed by atoms with E-state index in [4.69, 9.17) is 0 Å². The van der Waals surface area contributed by atoms with Gasteiger partial charge in [0, 0.05) is 48.9 Å². The first-order valence-electron chi connectivity index (χ1n) is 8.86. The summed E-state index contributed by atoms with van der Waals surface area (Å²) in [7, 11) is 0. The monoisotopic (exact) mass is 357 g/mol. The topological polar surface area (TPSA) is 73.1 Å². The highest BCUT2D eigenvalue weighted by atomic mass is 32.2. The standard InChI is InChI=1S/C18H23N5OS/c24-18(22-11-13-3-1-2-6-19-13)16-12-23(9-10-25-16)15-5-8-21-17-14(15)4-7-20-17/h4-5,7-8,12-13,19H,1-3,6,9-11H2,(H,20,21)(H,22,24)/t13-/m0/s1. The molecule has 4 rings (SSSR count). The van der Waals surface area contributed by atoms with Crippen molar-refractivity contribution in [1.82, 2.24) is 20.6 Å². The third kappa shape index (κ3) is 3.67. The Bertz CT molecular complexity index is 781. The summed E-state index contributed by atoms with van der Waals surface area (Å²) < 4.78 is 0. The minimum Gasteiger partial charge on any atom is -0.350 e. The van der Waals surface area contributed by atoms with E-state index in [-0.39, 0.29) is 5.91 Å². The van der Waals surface area contributed by atoms with Crippen molar-refractivity contribution in [2.45, 2.75) is 25.3 Å². The molecule has 7 heteroatoms. The summed E-state index contributed by atoms with van der Waals surface area (Å²) in [5.74, 6) is 0.927. The number of piperidine rings is 1. The third-order valence-electron chi connectivity index (χ3n) is 4.75. The number of hydrogen-bond donors (Lipinski definition) is 3. The molecule has 1 saturated heterocycles. The number of amides is 1. The molecule has 1 amide bonds. The maximum Gasteiger partial charge on any atom is 0.259 e. The fraction of sp³-hybridized carbons (Fsp3) is 0.444. The maximum atomic E-state index is 12.6. The van der Waals surface area contributed by atoms with Gasteiger partial charge in [-0.15, -0.1) is 11.8 Å². The van der Waals surface area contributed by atoms with Crippen LogP contribution >= 0.6 is 11.8 Å². The minimum atomic E-state index is 0.0291. The van der Waals surface area contributed by atoms with Gasteiger partial charge in [-0.25, -0.2) is 4.98 Å². The molecule has 4 heterocycles. The van der Waals surface area contributed by atoms with Gasteiger partial charge in [-0.2, -0.15) is 0 Å². The summed E-state index contributed by atoms with van der Waals surface area (Å²) in [6.45, 7) is 2.64. The molecule has 0 aromatic carbocycles. The summed E-state index contributed by atoms with van der Waals surface area (Å²) in [4.78, 5) is 23.0. The van der Waals surface area contributed by atoms with Gasteiger partial charge in [0.25, 0.3) is 5.91 Å². The molecule has 0 aliphatic carbocycles. The van der Waals surface area contributed by atoms with Gasteiger partial charge in [-0.1, -0.05) is 6.42 Å². The molecule has 0 unspecified atom stereocenters. The molecule has 6 nitrogen and oxygen atoms in total. The van der Waals surface area contributed by atoms with E-state index in [0.717, 1.165) is 46.9 Å². The number of nitrogens with one attached hydrogen (secondary N) is 3. The van der Waals surface area contributed by atoms with Crippen molar-refractivity contribution >= 4 is 34.4 Å². The zero-order valence-corrected chi connectivity index (χ0v) is 14.9. The molecular weight excluding hydrogens is 334 g/mol. The van der Waals surface area contributed by atoms with E-state index in [1.54, 1.807) is 18.0 Å². The Balaban J connectivity index is 1.46. The van der Waals surface area contributed by atoms with Crippen LogP contribution < -0.4 is 15.5 Å². The van der Waals surface area contributed by atoms with Crippen LogP contribution in [0.4, 0.5) is 5.69 Å². The number of carbonyl (C=O) groups is 1. The highest BCUT2D eigenvalue weighted by molar-refractivity contribution is 8.04. The zero-order chi connectivity index (χ0) is 17.1. The van der Waals surface area contributed by atoms with Crippen molar-refractivity contribution in [3.05, 3.63) is 35.6 Å². The predicted molar refractivity (Wildman–Crippen MR) is 103 cm³/mol. The van der Waals surface area contributed by atoms with Crippen molar-refractivity contribution in [2.24, 2.45) is 0 Å². The van der Waals surface area contributed by atoms with Gasteiger partial charge in [-0.3, -0.25) is 4.79 Å². The van der Waals surface area contributed by atoms with E-state index in [1.807, 2.05) is 24.5 Å². The first-order valence-corrected chi connectivity index (χ1v) is 9.85. The molecule has 0 bridgehead atoms. The van der Waals surface area contributed by atoms with Gasteiger partial charge in [0.05, 0.1) is 10.6 Å². The van der Waals surface area contributed by atoms with Crippen LogP contribution in [0, 0.1) is 0 Å². The van der Waals surface area contributed by atoms with Crippen LogP contribution in [-0.2, 0) is 4.79 Å². The van der Waals surface area contributed by atoms with Crippen molar-refractivity contribution < 1.29 is 4.79 Å². The van der Waals surface area contributed by atoms with Crippen molar-refractivity contribution in [1.29, 1.82) is 0 Å². The first-order chi connectivity index (χ1) is 12.3. The molecule has 132 valence electrons. The molecule has 3 N–H and O–H groups in total. The molecule has 2 aromatic heterocycles. The maximum absolute atomic E-state index is 12.6. The molecule has 0 spiro atoms. The fourth-order valence-corrected chi connectivity index (χ4v) is 4.32. The molecule has 1 atom stereocenters. The normalized spacial score (nSPS) is 21.2. The van der Waals surface area contributed by atoms with Crippen LogP contribution in [0.5, 0.6) is 0 Å². The lowest BCUT2D eigenvalue weighted by atomic mass is 10.1. The number of rotatable bonds is 4. The largest absolute Gasteiger partial charge is 0.350 e. The van der Waals surface area contributed by atoms with Gasteiger partial charge in [-0.05, 0) is 31.5 Å². The number of aromatic nitrogens is 2. The van der Waals surface area contributed by atoms with Crippen LogP contribution in [-0.4, -0.2) is 47.3 Å². The number of aromatic amines is 1. The Kier molecular flexibility index (Phi) is 4.94. The lowest BCUT2D eigenvalue weighted by molar-refractivity contribution is -0.116. The fourth-order valence-electron chi connectivity index (χ4n) is 3.41. The average Bonchev–Trinajstić information content (AvgIpc) is 3.16. The number of nitrogens with zero attached hydrogens (tertiary/aromatic N) is 2. The summed E-state index contributed by atoms with van der Waals surface area (Å²) in [5.41, 5.74) is 1.96. The predicted octanol–water partition coefficient (Wildman–Crippen LogP) is 2.22. The van der Waals surface area contributed by atoms with E-state index in [9.17, 15) is 4.79 Å². The zero-order valence-electron chi connectivity index (χ0n) is 14.1. The highest BCUT2D eigenvalue weighted by Gasteiger charge is 2.21. The van der Waals surface area contributed by atoms with E-state index in [0.29, 0.717) is 12.6 Å². The van der Waals surface area contributed by atoms with Gasteiger partial charge >= 0.3 is 0 Å². The summed E-state index contributed by atoms with van der Waals surface area (Å²) in [6, 6.07) is 4.44. The molecular formula is C18H23N5OS. The van der Waals surface area contributed by atoms with E-state index < -0.39 is 0 Å². The number of carbonyl (C=O) groups excluding carboxylic acids is 1. The van der Waals surface area contributed by atoms with Crippen LogP contribution in [0.15, 0.2) is 35.6 Å². The molecule has 25 heavy (non-hydrogen) atoms. The molecule has 2 aliphatic rings. The Labute approximate surface area is 151 Å². The van der Waals surface area contributed by atoms with Crippen molar-refractivity contribution in [3.8, 4) is 0 Å². The van der Waals surface area contributed by atoms with Crippen LogP contribution in [0.3, 0.4) is 0 Å². The second-order valence-electron chi connectivity index (χ2n) is 6.46. The average molecular weight is 357 g/mol. The van der Waals surface area contributed by atoms with Gasteiger partial charge in [0.2, 0.25) is 0 Å². The van der Waals surface area contributed by atoms with Crippen LogP contribution in [0.1, 0.15) is 19.3 Å². The van der Waals surface area contributed by atoms with Crippen LogP contribution in [0.25, 0.3) is 11.0 Å². The van der Waals surface area contributed by atoms with Crippen molar-refractivity contribution in [3.63, 3.8) is 0 Å². The quantitative estimate of drug-likeness (QED) is 0.782. The third-order valence-corrected chi connectivity index (χ3v) is 5.74. The van der Waals surface area contributed by atoms with Gasteiger partial charge < -0.3 is 20.5 Å². The lowest BCUT2D eigenvalue weighted by Crippen LogP contribution is -2.44. The molecule has 2 aromatic rings. The summed E-state index contributed by atoms with van der Waals surface area (Å²) in [6.07, 6.45) is 9.29. The minimum absolute atomic E-state index is 0.0291. The van der Waals surface area contributed by atoms with E-state index >= 15 is 0 Å². The van der Waals surface area contributed by atoms with E-state index in [1.165, 1.54) is 12.8 Å². The molecule has 0 radical (unpaired) electrons. The second-order valence-corrected chi connectivity index (χ2v) is 7.60. The number of fused-ring (bicyclic) bond motifs is 1. The van der Waals surface area contributed by atoms with Crippen molar-refractivity contribution in [2.75, 3.05) is 30.3 Å². The number of anilines is 1. The molecule has 2 aliphatic heterocycles. The summed E-state index contributed by atoms with van der Waals surface area (Å²) in [5, 5.41) is 7.64. The Morgan fingerprint density at radius 3 is 3.24 bits per heavy atom. The smallest absolute Gasteiger partial charge is 0.259 e.